The Balaban J connectivity index is 1.67. The summed E-state index contributed by atoms with van der Waals surface area (Å²) in [6, 6.07) is 0.171. The van der Waals surface area contributed by atoms with E-state index in [1.165, 1.54) is 0 Å². The summed E-state index contributed by atoms with van der Waals surface area (Å²) in [5.41, 5.74) is 0. The second kappa shape index (κ2) is 8.55. The van der Waals surface area contributed by atoms with Crippen LogP contribution in [0.5, 0.6) is 0 Å². The number of aromatic nitrogens is 1. The highest BCUT2D eigenvalue weighted by Gasteiger charge is 2.38. The number of nitrogens with zero attached hydrogens (tertiary/aromatic N) is 3. The SMILES string of the molecule is CN(C)C(=O)C[C@H]1CC[C@H]2[C@@H](COC[C@H](O)CN2Cc2nccs2)O1. The third kappa shape index (κ3) is 4.98. The van der Waals surface area contributed by atoms with Crippen LogP contribution in [0.2, 0.25) is 0 Å². The Hall–Kier alpha value is -1.06. The quantitative estimate of drug-likeness (QED) is 0.843. The Bertz CT molecular complexity index is 554. The van der Waals surface area contributed by atoms with E-state index in [0.29, 0.717) is 32.7 Å². The molecular weight excluding hydrogens is 342 g/mol. The van der Waals surface area contributed by atoms with Gasteiger partial charge in [0.1, 0.15) is 5.01 Å². The summed E-state index contributed by atoms with van der Waals surface area (Å²) >= 11 is 1.62. The highest BCUT2D eigenvalue weighted by Crippen LogP contribution is 2.29. The second-order valence-electron chi connectivity index (χ2n) is 6.98. The van der Waals surface area contributed by atoms with Gasteiger partial charge >= 0.3 is 0 Å². The number of thiazole rings is 1. The van der Waals surface area contributed by atoms with Crippen LogP contribution in [-0.4, -0.2) is 84.0 Å². The van der Waals surface area contributed by atoms with Crippen LogP contribution in [0.4, 0.5) is 0 Å². The van der Waals surface area contributed by atoms with Gasteiger partial charge in [0.2, 0.25) is 5.91 Å². The number of hydrogen-bond donors (Lipinski definition) is 1. The first kappa shape index (κ1) is 18.7. The van der Waals surface area contributed by atoms with Crippen LogP contribution < -0.4 is 0 Å². The number of aliphatic hydroxyl groups is 1. The lowest BCUT2D eigenvalue weighted by Crippen LogP contribution is -2.55. The summed E-state index contributed by atoms with van der Waals surface area (Å²) in [5.74, 6) is 0.0882. The smallest absolute Gasteiger partial charge is 0.224 e. The molecule has 7 nitrogen and oxygen atoms in total. The Kier molecular flexibility index (Phi) is 6.40. The molecule has 3 heterocycles. The van der Waals surface area contributed by atoms with Crippen molar-refractivity contribution in [2.45, 2.75) is 50.2 Å². The van der Waals surface area contributed by atoms with E-state index < -0.39 is 6.10 Å². The molecule has 1 aromatic heterocycles. The lowest BCUT2D eigenvalue weighted by Gasteiger charge is -2.44. The number of rotatable bonds is 4. The fraction of sp³-hybridized carbons (Fsp3) is 0.765. The molecule has 0 saturated carbocycles. The Labute approximate surface area is 152 Å². The minimum Gasteiger partial charge on any atom is -0.389 e. The van der Waals surface area contributed by atoms with Crippen molar-refractivity contribution in [2.75, 3.05) is 33.9 Å². The zero-order valence-corrected chi connectivity index (χ0v) is 15.7. The van der Waals surface area contributed by atoms with Gasteiger partial charge in [0.05, 0.1) is 44.5 Å². The Morgan fingerprint density at radius 3 is 3.00 bits per heavy atom. The number of carbonyl (C=O) groups excluding carboxylic acids is 1. The average molecular weight is 369 g/mol. The van der Waals surface area contributed by atoms with E-state index in [1.54, 1.807) is 36.5 Å². The maximum Gasteiger partial charge on any atom is 0.224 e. The number of amides is 1. The van der Waals surface area contributed by atoms with Crippen LogP contribution >= 0.6 is 11.3 Å². The van der Waals surface area contributed by atoms with Gasteiger partial charge in [-0.1, -0.05) is 0 Å². The molecule has 140 valence electrons. The van der Waals surface area contributed by atoms with Crippen molar-refractivity contribution in [3.63, 3.8) is 0 Å². The highest BCUT2D eigenvalue weighted by atomic mass is 32.1. The van der Waals surface area contributed by atoms with Crippen molar-refractivity contribution < 1.29 is 19.4 Å². The van der Waals surface area contributed by atoms with Crippen molar-refractivity contribution in [1.29, 1.82) is 0 Å². The predicted octanol–water partition coefficient (Wildman–Crippen LogP) is 0.731. The zero-order chi connectivity index (χ0) is 17.8. The molecule has 8 heteroatoms. The number of fused-ring (bicyclic) bond motifs is 1. The first-order valence-electron chi connectivity index (χ1n) is 8.76. The van der Waals surface area contributed by atoms with Crippen molar-refractivity contribution in [3.8, 4) is 0 Å². The van der Waals surface area contributed by atoms with Gasteiger partial charge in [-0.15, -0.1) is 11.3 Å². The second-order valence-corrected chi connectivity index (χ2v) is 7.96. The fourth-order valence-electron chi connectivity index (χ4n) is 3.51. The molecule has 2 aliphatic rings. The summed E-state index contributed by atoms with van der Waals surface area (Å²) in [6.45, 7) is 2.01. The van der Waals surface area contributed by atoms with E-state index in [2.05, 4.69) is 9.88 Å². The van der Waals surface area contributed by atoms with E-state index in [1.807, 2.05) is 5.38 Å². The summed E-state index contributed by atoms with van der Waals surface area (Å²) in [4.78, 5) is 20.2. The zero-order valence-electron chi connectivity index (χ0n) is 14.8. The molecule has 25 heavy (non-hydrogen) atoms. The summed E-state index contributed by atoms with van der Waals surface area (Å²) in [7, 11) is 3.54. The summed E-state index contributed by atoms with van der Waals surface area (Å²) in [6.07, 6.45) is 3.33. The molecule has 1 amide bonds. The molecule has 0 aromatic carbocycles. The van der Waals surface area contributed by atoms with Gasteiger partial charge < -0.3 is 19.5 Å². The molecular formula is C17H27N3O4S. The maximum atomic E-state index is 12.0. The van der Waals surface area contributed by atoms with Gasteiger partial charge in [-0.25, -0.2) is 4.98 Å². The topological polar surface area (TPSA) is 75.1 Å². The Morgan fingerprint density at radius 2 is 2.28 bits per heavy atom. The molecule has 1 aromatic rings. The number of carbonyl (C=O) groups is 1. The minimum absolute atomic E-state index is 0.0641. The summed E-state index contributed by atoms with van der Waals surface area (Å²) in [5, 5.41) is 13.2. The molecule has 0 bridgehead atoms. The molecule has 4 atom stereocenters. The largest absolute Gasteiger partial charge is 0.389 e. The Morgan fingerprint density at radius 1 is 1.44 bits per heavy atom. The first-order chi connectivity index (χ1) is 12.0. The third-order valence-corrected chi connectivity index (χ3v) is 5.57. The van der Waals surface area contributed by atoms with Crippen molar-refractivity contribution in [3.05, 3.63) is 16.6 Å². The maximum absolute atomic E-state index is 12.0. The number of hydrogen-bond acceptors (Lipinski definition) is 7. The molecule has 1 N–H and O–H groups in total. The van der Waals surface area contributed by atoms with Crippen molar-refractivity contribution in [2.24, 2.45) is 0 Å². The molecule has 2 aliphatic heterocycles. The van der Waals surface area contributed by atoms with Crippen LogP contribution in [0.3, 0.4) is 0 Å². The van der Waals surface area contributed by atoms with Gasteiger partial charge in [0.15, 0.2) is 0 Å². The van der Waals surface area contributed by atoms with Crippen molar-refractivity contribution in [1.82, 2.24) is 14.8 Å². The lowest BCUT2D eigenvalue weighted by atomic mass is 9.94. The van der Waals surface area contributed by atoms with E-state index in [-0.39, 0.29) is 24.2 Å². The molecule has 0 aliphatic carbocycles. The third-order valence-electron chi connectivity index (χ3n) is 4.81. The van der Waals surface area contributed by atoms with E-state index in [0.717, 1.165) is 17.8 Å². The van der Waals surface area contributed by atoms with E-state index in [4.69, 9.17) is 9.47 Å². The fourth-order valence-corrected chi connectivity index (χ4v) is 4.15. The molecule has 2 saturated heterocycles. The number of β-amino-alcohol motifs (C(OH)–C–C–N with tert-alkyl or cyclic N) is 1. The van der Waals surface area contributed by atoms with Gasteiger partial charge in [-0.2, -0.15) is 0 Å². The normalized spacial score (nSPS) is 31.0. The van der Waals surface area contributed by atoms with Gasteiger partial charge in [-0.05, 0) is 12.8 Å². The number of ether oxygens (including phenoxy) is 2. The standard InChI is InChI=1S/C17H27N3O4S/c1-19(2)17(22)7-13-3-4-14-15(24-13)11-23-10-12(21)8-20(14)9-16-18-5-6-25-16/h5-6,12-15,21H,3-4,7-11H2,1-2H3/t12-,13-,14+,15-/m1/s1. The van der Waals surface area contributed by atoms with Gasteiger partial charge in [0, 0.05) is 38.3 Å². The number of aliphatic hydroxyl groups excluding tert-OH is 1. The molecule has 0 spiro atoms. The van der Waals surface area contributed by atoms with Crippen LogP contribution in [0, 0.1) is 0 Å². The molecule has 2 fully saturated rings. The van der Waals surface area contributed by atoms with Crippen LogP contribution in [0.15, 0.2) is 11.6 Å². The monoisotopic (exact) mass is 369 g/mol. The minimum atomic E-state index is -0.506. The highest BCUT2D eigenvalue weighted by molar-refractivity contribution is 7.09. The van der Waals surface area contributed by atoms with Crippen molar-refractivity contribution >= 4 is 17.2 Å². The average Bonchev–Trinajstić information content (AvgIpc) is 3.06. The lowest BCUT2D eigenvalue weighted by molar-refractivity contribution is -0.160. The molecule has 3 rings (SSSR count). The van der Waals surface area contributed by atoms with Gasteiger partial charge in [0.25, 0.3) is 0 Å². The van der Waals surface area contributed by atoms with E-state index in [9.17, 15) is 9.90 Å². The molecule has 0 unspecified atom stereocenters. The predicted molar refractivity (Wildman–Crippen MR) is 94.3 cm³/mol. The van der Waals surface area contributed by atoms with Crippen LogP contribution in [-0.2, 0) is 20.8 Å². The van der Waals surface area contributed by atoms with Crippen LogP contribution in [0.1, 0.15) is 24.3 Å². The molecule has 0 radical (unpaired) electrons. The van der Waals surface area contributed by atoms with Gasteiger partial charge in [-0.3, -0.25) is 9.69 Å². The summed E-state index contributed by atoms with van der Waals surface area (Å²) < 4.78 is 11.8. The van der Waals surface area contributed by atoms with Crippen LogP contribution in [0.25, 0.3) is 0 Å². The van der Waals surface area contributed by atoms with E-state index >= 15 is 0 Å². The first-order valence-corrected chi connectivity index (χ1v) is 9.64.